The molecule has 72 valence electrons. The Labute approximate surface area is 80.7 Å². The molecular formula is C9H10ClF2N. The summed E-state index contributed by atoms with van der Waals surface area (Å²) in [6, 6.07) is 2.59. The van der Waals surface area contributed by atoms with E-state index in [1.54, 1.807) is 7.05 Å². The van der Waals surface area contributed by atoms with Crippen molar-refractivity contribution in [3.05, 3.63) is 34.4 Å². The van der Waals surface area contributed by atoms with Crippen molar-refractivity contribution in [1.29, 1.82) is 0 Å². The SMILES string of the molecule is CNCCc1ccc(F)c(F)c1Cl. The number of likely N-dealkylation sites (N-methyl/N-ethyl adjacent to an activating group) is 1. The van der Waals surface area contributed by atoms with E-state index in [4.69, 9.17) is 11.6 Å². The van der Waals surface area contributed by atoms with Gasteiger partial charge in [-0.25, -0.2) is 8.78 Å². The Kier molecular flexibility index (Phi) is 3.63. The minimum Gasteiger partial charge on any atom is -0.319 e. The Morgan fingerprint density at radius 3 is 2.69 bits per heavy atom. The maximum Gasteiger partial charge on any atom is 0.177 e. The van der Waals surface area contributed by atoms with Gasteiger partial charge in [0.2, 0.25) is 0 Å². The summed E-state index contributed by atoms with van der Waals surface area (Å²) in [5.41, 5.74) is 0.620. The molecule has 0 saturated carbocycles. The highest BCUT2D eigenvalue weighted by Gasteiger charge is 2.10. The van der Waals surface area contributed by atoms with Crippen LogP contribution in [-0.4, -0.2) is 13.6 Å². The number of rotatable bonds is 3. The molecule has 0 bridgehead atoms. The van der Waals surface area contributed by atoms with Crippen molar-refractivity contribution in [2.75, 3.05) is 13.6 Å². The first-order chi connectivity index (χ1) is 6.16. The van der Waals surface area contributed by atoms with Gasteiger partial charge in [-0.3, -0.25) is 0 Å². The molecule has 0 radical (unpaired) electrons. The summed E-state index contributed by atoms with van der Waals surface area (Å²) in [5.74, 6) is -1.87. The standard InChI is InChI=1S/C9H10ClF2N/c1-13-5-4-6-2-3-7(11)9(12)8(6)10/h2-3,13H,4-5H2,1H3. The molecule has 0 aliphatic heterocycles. The van der Waals surface area contributed by atoms with E-state index in [0.29, 0.717) is 18.5 Å². The Morgan fingerprint density at radius 2 is 2.08 bits per heavy atom. The molecule has 0 aromatic heterocycles. The number of hydrogen-bond donors (Lipinski definition) is 1. The van der Waals surface area contributed by atoms with Crippen LogP contribution >= 0.6 is 11.6 Å². The lowest BCUT2D eigenvalue weighted by atomic mass is 10.1. The Morgan fingerprint density at radius 1 is 1.38 bits per heavy atom. The lowest BCUT2D eigenvalue weighted by molar-refractivity contribution is 0.507. The van der Waals surface area contributed by atoms with Gasteiger partial charge in [-0.15, -0.1) is 0 Å². The van der Waals surface area contributed by atoms with Crippen molar-refractivity contribution in [3.8, 4) is 0 Å². The van der Waals surface area contributed by atoms with Gasteiger partial charge in [0.15, 0.2) is 11.6 Å². The molecule has 1 rings (SSSR count). The predicted octanol–water partition coefficient (Wildman–Crippen LogP) is 2.38. The normalized spacial score (nSPS) is 10.5. The van der Waals surface area contributed by atoms with Crippen molar-refractivity contribution in [2.24, 2.45) is 0 Å². The summed E-state index contributed by atoms with van der Waals surface area (Å²) in [6.45, 7) is 0.685. The van der Waals surface area contributed by atoms with Gasteiger partial charge in [0.05, 0.1) is 5.02 Å². The van der Waals surface area contributed by atoms with Crippen molar-refractivity contribution in [2.45, 2.75) is 6.42 Å². The fourth-order valence-corrected chi connectivity index (χ4v) is 1.27. The van der Waals surface area contributed by atoms with E-state index in [1.165, 1.54) is 6.07 Å². The van der Waals surface area contributed by atoms with Gasteiger partial charge in [0.25, 0.3) is 0 Å². The van der Waals surface area contributed by atoms with Crippen LogP contribution < -0.4 is 5.32 Å². The molecule has 0 aliphatic rings. The maximum absolute atomic E-state index is 12.9. The first kappa shape index (κ1) is 10.4. The van der Waals surface area contributed by atoms with Gasteiger partial charge in [-0.2, -0.15) is 0 Å². The molecule has 0 spiro atoms. The van der Waals surface area contributed by atoms with Crippen LogP contribution in [0.2, 0.25) is 5.02 Å². The van der Waals surface area contributed by atoms with Crippen molar-refractivity contribution < 1.29 is 8.78 Å². The predicted molar refractivity (Wildman–Crippen MR) is 49.0 cm³/mol. The zero-order valence-corrected chi connectivity index (χ0v) is 7.96. The van der Waals surface area contributed by atoms with E-state index in [1.807, 2.05) is 0 Å². The van der Waals surface area contributed by atoms with E-state index in [-0.39, 0.29) is 5.02 Å². The summed E-state index contributed by atoms with van der Waals surface area (Å²) in [6.07, 6.45) is 0.590. The van der Waals surface area contributed by atoms with Gasteiger partial charge in [0, 0.05) is 0 Å². The molecule has 0 unspecified atom stereocenters. The summed E-state index contributed by atoms with van der Waals surface area (Å²) in [7, 11) is 1.79. The molecule has 0 fully saturated rings. The number of nitrogens with one attached hydrogen (secondary N) is 1. The Hall–Kier alpha value is -0.670. The third kappa shape index (κ3) is 2.39. The van der Waals surface area contributed by atoms with Crippen LogP contribution in [0.3, 0.4) is 0 Å². The molecule has 0 aliphatic carbocycles. The summed E-state index contributed by atoms with van der Waals surface area (Å²) in [4.78, 5) is 0. The molecule has 0 heterocycles. The van der Waals surface area contributed by atoms with Gasteiger partial charge < -0.3 is 5.32 Å². The van der Waals surface area contributed by atoms with Gasteiger partial charge >= 0.3 is 0 Å². The minimum atomic E-state index is -0.963. The van der Waals surface area contributed by atoms with E-state index in [0.717, 1.165) is 6.07 Å². The lowest BCUT2D eigenvalue weighted by Gasteiger charge is -2.04. The van der Waals surface area contributed by atoms with Gasteiger partial charge in [-0.1, -0.05) is 17.7 Å². The number of hydrogen-bond acceptors (Lipinski definition) is 1. The smallest absolute Gasteiger partial charge is 0.177 e. The molecule has 13 heavy (non-hydrogen) atoms. The summed E-state index contributed by atoms with van der Waals surface area (Å²) >= 11 is 5.59. The average molecular weight is 206 g/mol. The molecule has 1 nitrogen and oxygen atoms in total. The van der Waals surface area contributed by atoms with E-state index in [2.05, 4.69) is 5.32 Å². The molecular weight excluding hydrogens is 196 g/mol. The molecule has 1 aromatic rings. The van der Waals surface area contributed by atoms with E-state index < -0.39 is 11.6 Å². The fourth-order valence-electron chi connectivity index (χ4n) is 1.02. The topological polar surface area (TPSA) is 12.0 Å². The molecule has 1 aromatic carbocycles. The van der Waals surface area contributed by atoms with Crippen molar-refractivity contribution in [1.82, 2.24) is 5.32 Å². The maximum atomic E-state index is 12.9. The zero-order valence-electron chi connectivity index (χ0n) is 7.20. The molecule has 0 atom stereocenters. The largest absolute Gasteiger partial charge is 0.319 e. The molecule has 1 N–H and O–H groups in total. The highest BCUT2D eigenvalue weighted by Crippen LogP contribution is 2.22. The second-order valence-electron chi connectivity index (χ2n) is 2.69. The van der Waals surface area contributed by atoms with Crippen molar-refractivity contribution >= 4 is 11.6 Å². The Bertz CT molecular complexity index is 302. The summed E-state index contributed by atoms with van der Waals surface area (Å²) in [5, 5.41) is 2.79. The second-order valence-corrected chi connectivity index (χ2v) is 3.07. The molecule has 0 amide bonds. The third-order valence-corrected chi connectivity index (χ3v) is 2.17. The fraction of sp³-hybridized carbons (Fsp3) is 0.333. The van der Waals surface area contributed by atoms with Crippen LogP contribution in [0.25, 0.3) is 0 Å². The first-order valence-electron chi connectivity index (χ1n) is 3.93. The van der Waals surface area contributed by atoms with Crippen LogP contribution in [0.1, 0.15) is 5.56 Å². The quantitative estimate of drug-likeness (QED) is 0.748. The number of halogens is 3. The highest BCUT2D eigenvalue weighted by atomic mass is 35.5. The van der Waals surface area contributed by atoms with Crippen LogP contribution in [-0.2, 0) is 6.42 Å². The van der Waals surface area contributed by atoms with Crippen LogP contribution in [0.15, 0.2) is 12.1 Å². The summed E-state index contributed by atoms with van der Waals surface area (Å²) < 4.78 is 25.5. The van der Waals surface area contributed by atoms with Crippen LogP contribution in [0, 0.1) is 11.6 Å². The van der Waals surface area contributed by atoms with Crippen molar-refractivity contribution in [3.63, 3.8) is 0 Å². The van der Waals surface area contributed by atoms with Crippen LogP contribution in [0.5, 0.6) is 0 Å². The second kappa shape index (κ2) is 4.53. The van der Waals surface area contributed by atoms with E-state index >= 15 is 0 Å². The Balaban J connectivity index is 2.90. The molecule has 0 saturated heterocycles. The lowest BCUT2D eigenvalue weighted by Crippen LogP contribution is -2.11. The van der Waals surface area contributed by atoms with Gasteiger partial charge in [0.1, 0.15) is 0 Å². The molecule has 4 heteroatoms. The number of benzene rings is 1. The first-order valence-corrected chi connectivity index (χ1v) is 4.31. The zero-order chi connectivity index (χ0) is 9.84. The highest BCUT2D eigenvalue weighted by molar-refractivity contribution is 6.31. The average Bonchev–Trinajstić information content (AvgIpc) is 2.13. The van der Waals surface area contributed by atoms with Crippen LogP contribution in [0.4, 0.5) is 8.78 Å². The van der Waals surface area contributed by atoms with E-state index in [9.17, 15) is 8.78 Å². The monoisotopic (exact) mass is 205 g/mol. The minimum absolute atomic E-state index is 0.116. The van der Waals surface area contributed by atoms with Gasteiger partial charge in [-0.05, 0) is 31.6 Å². The third-order valence-electron chi connectivity index (χ3n) is 1.76.